The van der Waals surface area contributed by atoms with Crippen LogP contribution in [0.2, 0.25) is 0 Å². The second-order valence-corrected chi connectivity index (χ2v) is 5.72. The number of hydrogen-bond donors (Lipinski definition) is 1. The van der Waals surface area contributed by atoms with Gasteiger partial charge in [0, 0.05) is 11.9 Å². The van der Waals surface area contributed by atoms with Crippen molar-refractivity contribution in [2.75, 3.05) is 6.61 Å². The van der Waals surface area contributed by atoms with Crippen molar-refractivity contribution >= 4 is 17.3 Å². The SMILES string of the molecule is CC(C)(C)CCOC(=O)c1csc(CN)n1. The second kappa shape index (κ2) is 5.41. The van der Waals surface area contributed by atoms with Gasteiger partial charge >= 0.3 is 5.97 Å². The summed E-state index contributed by atoms with van der Waals surface area (Å²) in [5, 5.41) is 2.43. The van der Waals surface area contributed by atoms with Gasteiger partial charge in [-0.3, -0.25) is 0 Å². The van der Waals surface area contributed by atoms with Crippen molar-refractivity contribution in [2.45, 2.75) is 33.7 Å². The first-order valence-corrected chi connectivity index (χ1v) is 6.12. The second-order valence-electron chi connectivity index (χ2n) is 4.78. The number of aromatic nitrogens is 1. The lowest BCUT2D eigenvalue weighted by molar-refractivity contribution is 0.0458. The molecule has 0 aliphatic carbocycles. The first-order chi connectivity index (χ1) is 7.42. The molecule has 1 aromatic rings. The molecule has 0 fully saturated rings. The normalized spacial score (nSPS) is 11.5. The Kier molecular flexibility index (Phi) is 4.44. The van der Waals surface area contributed by atoms with Gasteiger partial charge in [-0.25, -0.2) is 9.78 Å². The molecule has 0 spiro atoms. The van der Waals surface area contributed by atoms with Crippen molar-refractivity contribution in [3.05, 3.63) is 16.1 Å². The molecule has 1 rings (SSSR count). The van der Waals surface area contributed by atoms with Gasteiger partial charge in [0.2, 0.25) is 0 Å². The molecule has 0 aliphatic rings. The first kappa shape index (κ1) is 13.1. The van der Waals surface area contributed by atoms with Gasteiger partial charge in [0.05, 0.1) is 6.61 Å². The number of nitrogens with two attached hydrogens (primary N) is 1. The maximum atomic E-state index is 11.5. The first-order valence-electron chi connectivity index (χ1n) is 5.24. The molecular weight excluding hydrogens is 224 g/mol. The lowest BCUT2D eigenvalue weighted by Crippen LogP contribution is -2.13. The van der Waals surface area contributed by atoms with E-state index in [2.05, 4.69) is 25.8 Å². The van der Waals surface area contributed by atoms with E-state index in [0.29, 0.717) is 18.8 Å². The molecule has 0 atom stereocenters. The van der Waals surface area contributed by atoms with Crippen molar-refractivity contribution < 1.29 is 9.53 Å². The van der Waals surface area contributed by atoms with Crippen molar-refractivity contribution in [1.29, 1.82) is 0 Å². The van der Waals surface area contributed by atoms with E-state index in [1.54, 1.807) is 5.38 Å². The molecule has 0 unspecified atom stereocenters. The van der Waals surface area contributed by atoms with Crippen LogP contribution in [0.4, 0.5) is 0 Å². The summed E-state index contributed by atoms with van der Waals surface area (Å²) >= 11 is 1.38. The average molecular weight is 242 g/mol. The molecule has 0 saturated heterocycles. The summed E-state index contributed by atoms with van der Waals surface area (Å²) < 4.78 is 5.13. The third kappa shape index (κ3) is 4.28. The van der Waals surface area contributed by atoms with Gasteiger partial charge in [-0.05, 0) is 11.8 Å². The Hall–Kier alpha value is -0.940. The summed E-state index contributed by atoms with van der Waals surface area (Å²) in [5.74, 6) is -0.361. The highest BCUT2D eigenvalue weighted by molar-refractivity contribution is 7.09. The smallest absolute Gasteiger partial charge is 0.357 e. The fourth-order valence-corrected chi connectivity index (χ4v) is 1.67. The molecule has 0 bridgehead atoms. The molecule has 4 nitrogen and oxygen atoms in total. The highest BCUT2D eigenvalue weighted by atomic mass is 32.1. The number of carbonyl (C=O) groups is 1. The van der Waals surface area contributed by atoms with Crippen LogP contribution in [0.3, 0.4) is 0 Å². The summed E-state index contributed by atoms with van der Waals surface area (Å²) in [5.41, 5.74) is 5.95. The quantitative estimate of drug-likeness (QED) is 0.822. The molecule has 1 heterocycles. The van der Waals surface area contributed by atoms with Gasteiger partial charge in [-0.2, -0.15) is 0 Å². The topological polar surface area (TPSA) is 65.2 Å². The Morgan fingerprint density at radius 1 is 1.56 bits per heavy atom. The molecule has 0 saturated carbocycles. The monoisotopic (exact) mass is 242 g/mol. The van der Waals surface area contributed by atoms with Gasteiger partial charge in [-0.15, -0.1) is 11.3 Å². The van der Waals surface area contributed by atoms with Crippen LogP contribution in [0.25, 0.3) is 0 Å². The van der Waals surface area contributed by atoms with E-state index >= 15 is 0 Å². The number of ether oxygens (including phenoxy) is 1. The van der Waals surface area contributed by atoms with Crippen LogP contribution in [0.5, 0.6) is 0 Å². The van der Waals surface area contributed by atoms with Crippen LogP contribution < -0.4 is 5.73 Å². The van der Waals surface area contributed by atoms with Gasteiger partial charge in [0.25, 0.3) is 0 Å². The summed E-state index contributed by atoms with van der Waals surface area (Å²) in [6.07, 6.45) is 0.840. The number of carbonyl (C=O) groups excluding carboxylic acids is 1. The molecule has 1 aromatic heterocycles. The zero-order valence-corrected chi connectivity index (χ0v) is 10.8. The Morgan fingerprint density at radius 2 is 2.25 bits per heavy atom. The molecule has 5 heteroatoms. The molecule has 0 aliphatic heterocycles. The van der Waals surface area contributed by atoms with E-state index < -0.39 is 0 Å². The molecule has 0 radical (unpaired) electrons. The lowest BCUT2D eigenvalue weighted by Gasteiger charge is -2.17. The largest absolute Gasteiger partial charge is 0.461 e. The number of esters is 1. The average Bonchev–Trinajstić information content (AvgIpc) is 2.63. The lowest BCUT2D eigenvalue weighted by atomic mass is 9.93. The van der Waals surface area contributed by atoms with Gasteiger partial charge < -0.3 is 10.5 Å². The van der Waals surface area contributed by atoms with E-state index in [0.717, 1.165) is 11.4 Å². The summed E-state index contributed by atoms with van der Waals surface area (Å²) in [7, 11) is 0. The Bertz CT molecular complexity index is 355. The molecule has 90 valence electrons. The molecule has 0 aromatic carbocycles. The van der Waals surface area contributed by atoms with Gasteiger partial charge in [0.15, 0.2) is 5.69 Å². The minimum absolute atomic E-state index is 0.171. The van der Waals surface area contributed by atoms with Crippen LogP contribution in [-0.4, -0.2) is 17.6 Å². The fraction of sp³-hybridized carbons (Fsp3) is 0.636. The maximum Gasteiger partial charge on any atom is 0.357 e. The third-order valence-corrected chi connectivity index (χ3v) is 2.89. The number of rotatable bonds is 4. The van der Waals surface area contributed by atoms with Crippen molar-refractivity contribution in [1.82, 2.24) is 4.98 Å². The third-order valence-electron chi connectivity index (χ3n) is 2.02. The van der Waals surface area contributed by atoms with E-state index in [-0.39, 0.29) is 11.4 Å². The standard InChI is InChI=1S/C11H18N2O2S/c1-11(2,3)4-5-15-10(14)8-7-16-9(6-12)13-8/h7H,4-6,12H2,1-3H3. The Balaban J connectivity index is 2.41. The predicted octanol–water partition coefficient (Wildman–Crippen LogP) is 2.19. The maximum absolute atomic E-state index is 11.5. The van der Waals surface area contributed by atoms with Crippen LogP contribution >= 0.6 is 11.3 Å². The van der Waals surface area contributed by atoms with Crippen LogP contribution in [-0.2, 0) is 11.3 Å². The van der Waals surface area contributed by atoms with E-state index in [4.69, 9.17) is 10.5 Å². The Morgan fingerprint density at radius 3 is 2.75 bits per heavy atom. The molecule has 0 amide bonds. The van der Waals surface area contributed by atoms with E-state index in [9.17, 15) is 4.79 Å². The fourth-order valence-electron chi connectivity index (χ4n) is 1.02. The zero-order chi connectivity index (χ0) is 12.2. The van der Waals surface area contributed by atoms with Gasteiger partial charge in [0.1, 0.15) is 5.01 Å². The number of nitrogens with zero attached hydrogens (tertiary/aromatic N) is 1. The van der Waals surface area contributed by atoms with Crippen molar-refractivity contribution in [3.8, 4) is 0 Å². The minimum atomic E-state index is -0.361. The minimum Gasteiger partial charge on any atom is -0.461 e. The van der Waals surface area contributed by atoms with E-state index in [1.807, 2.05) is 0 Å². The summed E-state index contributed by atoms with van der Waals surface area (Å²) in [6, 6.07) is 0. The highest BCUT2D eigenvalue weighted by Crippen LogP contribution is 2.18. The number of thiazole rings is 1. The van der Waals surface area contributed by atoms with Crippen molar-refractivity contribution in [2.24, 2.45) is 11.1 Å². The van der Waals surface area contributed by atoms with Crippen LogP contribution in [0.15, 0.2) is 5.38 Å². The highest BCUT2D eigenvalue weighted by Gasteiger charge is 2.14. The molecule has 2 N–H and O–H groups in total. The summed E-state index contributed by atoms with van der Waals surface area (Å²) in [4.78, 5) is 15.6. The summed E-state index contributed by atoms with van der Waals surface area (Å²) in [6.45, 7) is 7.11. The molecular formula is C11H18N2O2S. The van der Waals surface area contributed by atoms with Crippen molar-refractivity contribution in [3.63, 3.8) is 0 Å². The zero-order valence-electron chi connectivity index (χ0n) is 9.95. The van der Waals surface area contributed by atoms with Crippen LogP contribution in [0.1, 0.15) is 42.7 Å². The van der Waals surface area contributed by atoms with Gasteiger partial charge in [-0.1, -0.05) is 20.8 Å². The predicted molar refractivity (Wildman–Crippen MR) is 64.4 cm³/mol. The van der Waals surface area contributed by atoms with E-state index in [1.165, 1.54) is 11.3 Å². The Labute approximate surface area is 99.8 Å². The number of hydrogen-bond acceptors (Lipinski definition) is 5. The molecule has 16 heavy (non-hydrogen) atoms. The van der Waals surface area contributed by atoms with Crippen LogP contribution in [0, 0.1) is 5.41 Å².